The summed E-state index contributed by atoms with van der Waals surface area (Å²) >= 11 is 0. The first kappa shape index (κ1) is 85.2. The summed E-state index contributed by atoms with van der Waals surface area (Å²) in [6.45, 7) is 4.65. The van der Waals surface area contributed by atoms with Crippen LogP contribution in [0, 0.1) is 0 Å². The highest BCUT2D eigenvalue weighted by Crippen LogP contribution is 2.18. The third kappa shape index (κ3) is 71.5. The van der Waals surface area contributed by atoms with Gasteiger partial charge < -0.3 is 33.3 Å². The van der Waals surface area contributed by atoms with Gasteiger partial charge in [0.05, 0.1) is 40.3 Å². The molecule has 0 saturated heterocycles. The van der Waals surface area contributed by atoms with Gasteiger partial charge in [-0.3, -0.25) is 9.59 Å². The Morgan fingerprint density at radius 3 is 0.955 bits per heavy atom. The average molecular weight is 1250 g/mol. The fourth-order valence-corrected chi connectivity index (χ4v) is 10.6. The van der Waals surface area contributed by atoms with Crippen LogP contribution in [0.25, 0.3) is 0 Å². The van der Waals surface area contributed by atoms with Gasteiger partial charge in [0.1, 0.15) is 13.2 Å². The van der Waals surface area contributed by atoms with Crippen LogP contribution in [0.1, 0.15) is 335 Å². The van der Waals surface area contributed by atoms with Crippen molar-refractivity contribution in [1.82, 2.24) is 0 Å². The monoisotopic (exact) mass is 1240 g/mol. The number of hydrogen-bond acceptors (Lipinski definition) is 8. The minimum Gasteiger partial charge on any atom is -0.545 e. The molecule has 0 saturated carbocycles. The minimum absolute atomic E-state index is 0.143. The highest BCUT2D eigenvalue weighted by atomic mass is 16.7. The van der Waals surface area contributed by atoms with Crippen LogP contribution in [0.4, 0.5) is 0 Å². The van der Waals surface area contributed by atoms with Crippen LogP contribution in [0.5, 0.6) is 0 Å². The Hall–Kier alpha value is -3.79. The number of aliphatic carboxylic acids is 1. The second-order valence-electron chi connectivity index (χ2n) is 26.2. The zero-order valence-electron chi connectivity index (χ0n) is 58.8. The molecule has 0 aromatic rings. The maximum atomic E-state index is 12.9. The standard InChI is InChI=1S/C80H141NO8/c1-6-8-10-12-14-16-18-20-22-24-26-28-30-32-34-35-36-37-38-39-40-41-42-43-45-46-48-50-52-54-56-58-60-62-64-66-68-70-77(82)87-74-76(75-88-80(79(84)85)86-73-72-81(3,4)5)89-78(83)71-69-67-65-63-61-59-57-55-53-51-49-47-44-33-31-29-27-25-23-21-19-17-15-13-11-9-7-2/h9,11,15,17-18,20-21,23-24,26-27,29,33,44,49,51,76,80H,6-8,10,12-14,16,19,22,25,28,30-32,34-43,45-48,50,52-75H2,1-5H3/b11-9-,17-15-,20-18-,23-21-,26-24-,29-27-,44-33-,51-49-. The first-order chi connectivity index (χ1) is 43.6. The molecule has 0 bridgehead atoms. The van der Waals surface area contributed by atoms with E-state index in [1.807, 2.05) is 21.1 Å². The Labute approximate surface area is 550 Å². The number of quaternary nitrogens is 1. The molecule has 9 nitrogen and oxygen atoms in total. The summed E-state index contributed by atoms with van der Waals surface area (Å²) in [6, 6.07) is 0. The molecule has 0 aromatic carbocycles. The largest absolute Gasteiger partial charge is 0.545 e. The van der Waals surface area contributed by atoms with Crippen LogP contribution >= 0.6 is 0 Å². The molecule has 0 aromatic heterocycles. The molecule has 514 valence electrons. The van der Waals surface area contributed by atoms with E-state index in [1.165, 1.54) is 212 Å². The molecule has 0 heterocycles. The van der Waals surface area contributed by atoms with Gasteiger partial charge in [0.15, 0.2) is 12.4 Å². The molecule has 0 aliphatic carbocycles. The Kier molecular flexibility index (Phi) is 67.1. The zero-order valence-corrected chi connectivity index (χ0v) is 58.8. The number of ether oxygens (including phenoxy) is 4. The van der Waals surface area contributed by atoms with Gasteiger partial charge in [-0.25, -0.2) is 0 Å². The lowest BCUT2D eigenvalue weighted by atomic mass is 10.0. The van der Waals surface area contributed by atoms with Crippen molar-refractivity contribution in [3.63, 3.8) is 0 Å². The highest BCUT2D eigenvalue weighted by molar-refractivity contribution is 5.70. The summed E-state index contributed by atoms with van der Waals surface area (Å²) < 4.78 is 22.8. The number of nitrogens with zero attached hydrogens (tertiary/aromatic N) is 1. The SMILES string of the molecule is CC/C=C\C/C=C\C/C=C\C/C=C\C/C=C\C/C=C\CCCCCCCCCCC(=O)OC(COC(=O)CCCCCCCCCCCCCCCCCCCCCCCCCCC/C=C\C/C=C\CCCCCCC)COC(OCC[N+](C)(C)C)C(=O)[O-]. The number of esters is 2. The van der Waals surface area contributed by atoms with Crippen LogP contribution in [-0.2, 0) is 33.3 Å². The lowest BCUT2D eigenvalue weighted by molar-refractivity contribution is -0.870. The van der Waals surface area contributed by atoms with Gasteiger partial charge in [0, 0.05) is 12.8 Å². The van der Waals surface area contributed by atoms with Crippen molar-refractivity contribution < 1.29 is 42.9 Å². The normalized spacial score (nSPS) is 13.2. The second kappa shape index (κ2) is 70.1. The van der Waals surface area contributed by atoms with Crippen LogP contribution in [-0.4, -0.2) is 82.3 Å². The van der Waals surface area contributed by atoms with Crippen LogP contribution < -0.4 is 5.11 Å². The Morgan fingerprint density at radius 2 is 0.640 bits per heavy atom. The van der Waals surface area contributed by atoms with E-state index in [0.29, 0.717) is 17.4 Å². The molecule has 0 aliphatic heterocycles. The Morgan fingerprint density at radius 1 is 0.348 bits per heavy atom. The summed E-state index contributed by atoms with van der Waals surface area (Å²) in [7, 11) is 5.93. The molecule has 2 atom stereocenters. The van der Waals surface area contributed by atoms with Crippen molar-refractivity contribution in [2.75, 3.05) is 47.5 Å². The van der Waals surface area contributed by atoms with Crippen molar-refractivity contribution >= 4 is 17.9 Å². The molecule has 0 N–H and O–H groups in total. The van der Waals surface area contributed by atoms with Gasteiger partial charge in [-0.05, 0) is 96.3 Å². The number of carboxylic acids is 1. The lowest BCUT2D eigenvalue weighted by Gasteiger charge is -2.26. The van der Waals surface area contributed by atoms with Crippen LogP contribution in [0.2, 0.25) is 0 Å². The number of unbranched alkanes of at least 4 members (excludes halogenated alkanes) is 38. The van der Waals surface area contributed by atoms with E-state index < -0.39 is 24.3 Å². The first-order valence-corrected chi connectivity index (χ1v) is 37.4. The van der Waals surface area contributed by atoms with Gasteiger partial charge >= 0.3 is 11.9 Å². The molecule has 0 fully saturated rings. The smallest absolute Gasteiger partial charge is 0.306 e. The number of likely N-dealkylation sites (N-methyl/N-ethyl adjacent to an activating group) is 1. The predicted molar refractivity (Wildman–Crippen MR) is 380 cm³/mol. The van der Waals surface area contributed by atoms with Gasteiger partial charge in [-0.15, -0.1) is 0 Å². The fraction of sp³-hybridized carbons (Fsp3) is 0.762. The first-order valence-electron chi connectivity index (χ1n) is 37.4. The number of carbonyl (C=O) groups is 3. The van der Waals surface area contributed by atoms with Crippen LogP contribution in [0.3, 0.4) is 0 Å². The fourth-order valence-electron chi connectivity index (χ4n) is 10.6. The van der Waals surface area contributed by atoms with E-state index in [1.54, 1.807) is 0 Å². The average Bonchev–Trinajstić information content (AvgIpc) is 3.64. The summed E-state index contributed by atoms with van der Waals surface area (Å²) in [5.74, 6) is -2.28. The van der Waals surface area contributed by atoms with Gasteiger partial charge in [0.2, 0.25) is 0 Å². The third-order valence-corrected chi connectivity index (χ3v) is 16.3. The lowest BCUT2D eigenvalue weighted by Crippen LogP contribution is -2.44. The quantitative estimate of drug-likeness (QED) is 0.0195. The van der Waals surface area contributed by atoms with E-state index >= 15 is 0 Å². The summed E-state index contributed by atoms with van der Waals surface area (Å²) in [4.78, 5) is 37.5. The molecule has 0 radical (unpaired) electrons. The third-order valence-electron chi connectivity index (χ3n) is 16.3. The van der Waals surface area contributed by atoms with E-state index in [0.717, 1.165) is 89.9 Å². The molecule has 9 heteroatoms. The number of carbonyl (C=O) groups excluding carboxylic acids is 3. The second-order valence-corrected chi connectivity index (χ2v) is 26.2. The molecular formula is C80H141NO8. The van der Waals surface area contributed by atoms with Crippen molar-refractivity contribution in [2.45, 2.75) is 347 Å². The van der Waals surface area contributed by atoms with E-state index in [-0.39, 0.29) is 38.6 Å². The van der Waals surface area contributed by atoms with Gasteiger partial charge in [-0.1, -0.05) is 323 Å². The van der Waals surface area contributed by atoms with Crippen molar-refractivity contribution in [2.24, 2.45) is 0 Å². The maximum Gasteiger partial charge on any atom is 0.306 e. The summed E-state index contributed by atoms with van der Waals surface area (Å²) in [6.07, 6.45) is 93.7. The van der Waals surface area contributed by atoms with Crippen molar-refractivity contribution in [1.29, 1.82) is 0 Å². The molecule has 0 spiro atoms. The van der Waals surface area contributed by atoms with Gasteiger partial charge in [-0.2, -0.15) is 0 Å². The van der Waals surface area contributed by atoms with Crippen LogP contribution in [0.15, 0.2) is 97.2 Å². The number of allylic oxidation sites excluding steroid dienone is 16. The van der Waals surface area contributed by atoms with Gasteiger partial charge in [0.25, 0.3) is 0 Å². The topological polar surface area (TPSA) is 111 Å². The Balaban J connectivity index is 4.04. The molecule has 89 heavy (non-hydrogen) atoms. The molecule has 0 aliphatic rings. The summed E-state index contributed by atoms with van der Waals surface area (Å²) in [5.41, 5.74) is 0. The van der Waals surface area contributed by atoms with E-state index in [9.17, 15) is 19.5 Å². The molecule has 2 unspecified atom stereocenters. The minimum atomic E-state index is -1.63. The maximum absolute atomic E-state index is 12.9. The highest BCUT2D eigenvalue weighted by Gasteiger charge is 2.22. The van der Waals surface area contributed by atoms with E-state index in [4.69, 9.17) is 18.9 Å². The predicted octanol–water partition coefficient (Wildman–Crippen LogP) is 22.3. The molecular weight excluding hydrogens is 1100 g/mol. The number of rotatable bonds is 69. The molecule has 0 rings (SSSR count). The summed E-state index contributed by atoms with van der Waals surface area (Å²) in [5, 5.41) is 11.8. The van der Waals surface area contributed by atoms with E-state index in [2.05, 4.69) is 111 Å². The Bertz CT molecular complexity index is 1790. The number of carboxylic acid groups (broad SMARTS) is 1. The zero-order chi connectivity index (χ0) is 64.7. The van der Waals surface area contributed by atoms with Crippen molar-refractivity contribution in [3.8, 4) is 0 Å². The van der Waals surface area contributed by atoms with Crippen molar-refractivity contribution in [3.05, 3.63) is 97.2 Å². The number of hydrogen-bond donors (Lipinski definition) is 0. The molecule has 0 amide bonds.